The lowest BCUT2D eigenvalue weighted by Gasteiger charge is -2.25. The summed E-state index contributed by atoms with van der Waals surface area (Å²) >= 11 is 0. The number of likely N-dealkylation sites (N-methyl/N-ethyl adjacent to an activating group) is 1. The van der Waals surface area contributed by atoms with E-state index in [4.69, 9.17) is 18.9 Å². The standard InChI is InChI=1S/C92H175NO8/c1-6-8-10-12-14-16-18-20-22-24-26-28-30-32-34-36-38-40-42-44-45-47-49-51-53-55-57-59-61-63-65-67-69-71-73-75-77-79-81-83-90(95)101-88(87-100-92(91(96)97)98-85-84-93(3,4)5)86-99-89(94)82-80-78-76-74-72-70-68-66-64-62-60-58-56-54-52-50-48-46-43-41-39-37-35-33-31-29-27-25-23-21-19-17-15-13-11-9-7-2/h18,20,24,26,30,32,88,92H,6-17,19,21-23,25,27-29,31,33-87H2,1-5H3/p+1/b20-18-,26-24-,32-30-. The number of allylic oxidation sites excluding steroid dienone is 6. The maximum atomic E-state index is 13.0. The van der Waals surface area contributed by atoms with Gasteiger partial charge in [-0.1, -0.05) is 448 Å². The minimum Gasteiger partial charge on any atom is -0.477 e. The van der Waals surface area contributed by atoms with Crippen molar-refractivity contribution in [2.24, 2.45) is 0 Å². The van der Waals surface area contributed by atoms with Gasteiger partial charge in [0.1, 0.15) is 13.2 Å². The average Bonchev–Trinajstić information content (AvgIpc) is 1.21. The van der Waals surface area contributed by atoms with Crippen LogP contribution in [0.2, 0.25) is 0 Å². The van der Waals surface area contributed by atoms with Crippen molar-refractivity contribution in [2.75, 3.05) is 47.5 Å². The molecule has 0 aromatic carbocycles. The third-order valence-electron chi connectivity index (χ3n) is 20.9. The van der Waals surface area contributed by atoms with E-state index in [0.29, 0.717) is 17.4 Å². The molecule has 0 aliphatic carbocycles. The highest BCUT2D eigenvalue weighted by molar-refractivity contribution is 5.71. The van der Waals surface area contributed by atoms with Crippen molar-refractivity contribution in [3.63, 3.8) is 0 Å². The summed E-state index contributed by atoms with van der Waals surface area (Å²) in [7, 11) is 6.01. The van der Waals surface area contributed by atoms with Crippen LogP contribution in [0.15, 0.2) is 36.5 Å². The van der Waals surface area contributed by atoms with Gasteiger partial charge < -0.3 is 28.5 Å². The Balaban J connectivity index is 3.89. The second kappa shape index (κ2) is 83.2. The number of carbonyl (C=O) groups is 3. The van der Waals surface area contributed by atoms with Crippen LogP contribution in [0.3, 0.4) is 0 Å². The smallest absolute Gasteiger partial charge is 0.361 e. The summed E-state index contributed by atoms with van der Waals surface area (Å²) in [5.41, 5.74) is 0. The highest BCUT2D eigenvalue weighted by atomic mass is 16.7. The van der Waals surface area contributed by atoms with Gasteiger partial charge in [-0.05, 0) is 51.4 Å². The van der Waals surface area contributed by atoms with Crippen LogP contribution >= 0.6 is 0 Å². The number of nitrogens with zero attached hydrogens (tertiary/aromatic N) is 1. The fourth-order valence-electron chi connectivity index (χ4n) is 14.0. The zero-order valence-corrected chi connectivity index (χ0v) is 68.6. The number of aliphatic carboxylic acids is 1. The molecule has 0 aromatic rings. The van der Waals surface area contributed by atoms with E-state index in [1.807, 2.05) is 21.1 Å². The monoisotopic (exact) mass is 1420 g/mol. The highest BCUT2D eigenvalue weighted by Gasteiger charge is 2.25. The molecule has 0 fully saturated rings. The average molecular weight is 1420 g/mol. The molecule has 0 amide bonds. The van der Waals surface area contributed by atoms with Crippen molar-refractivity contribution >= 4 is 17.9 Å². The van der Waals surface area contributed by atoms with E-state index in [1.165, 1.54) is 398 Å². The lowest BCUT2D eigenvalue weighted by molar-refractivity contribution is -0.870. The Hall–Kier alpha value is -2.49. The Morgan fingerprint density at radius 1 is 0.297 bits per heavy atom. The molecular formula is C92H176NO8+. The van der Waals surface area contributed by atoms with Gasteiger partial charge in [-0.3, -0.25) is 9.59 Å². The molecule has 0 spiro atoms. The molecule has 0 saturated heterocycles. The number of rotatable bonds is 86. The van der Waals surface area contributed by atoms with E-state index >= 15 is 0 Å². The number of carboxylic acids is 1. The summed E-state index contributed by atoms with van der Waals surface area (Å²) < 4.78 is 23.1. The van der Waals surface area contributed by atoms with E-state index < -0.39 is 18.4 Å². The van der Waals surface area contributed by atoms with Gasteiger partial charge in [0.25, 0.3) is 6.29 Å². The largest absolute Gasteiger partial charge is 0.477 e. The third kappa shape index (κ3) is 84.6. The van der Waals surface area contributed by atoms with Crippen molar-refractivity contribution < 1.29 is 42.9 Å². The van der Waals surface area contributed by atoms with E-state index in [9.17, 15) is 19.5 Å². The van der Waals surface area contributed by atoms with Crippen LogP contribution in [0.5, 0.6) is 0 Å². The Morgan fingerprint density at radius 2 is 0.535 bits per heavy atom. The van der Waals surface area contributed by atoms with Crippen LogP contribution in [-0.4, -0.2) is 87.4 Å². The molecule has 596 valence electrons. The number of esters is 2. The fraction of sp³-hybridized carbons (Fsp3) is 0.902. The van der Waals surface area contributed by atoms with Crippen molar-refractivity contribution in [3.8, 4) is 0 Å². The van der Waals surface area contributed by atoms with Crippen molar-refractivity contribution in [3.05, 3.63) is 36.5 Å². The molecule has 0 aliphatic rings. The number of hydrogen-bond donors (Lipinski definition) is 1. The quantitative estimate of drug-likeness (QED) is 0.0211. The Labute approximate surface area is 630 Å². The van der Waals surface area contributed by atoms with Gasteiger partial charge in [0.2, 0.25) is 0 Å². The number of hydrogen-bond acceptors (Lipinski definition) is 7. The predicted molar refractivity (Wildman–Crippen MR) is 438 cm³/mol. The fourth-order valence-corrected chi connectivity index (χ4v) is 14.0. The van der Waals surface area contributed by atoms with Gasteiger partial charge in [0, 0.05) is 12.8 Å². The van der Waals surface area contributed by atoms with Crippen LogP contribution in [0.4, 0.5) is 0 Å². The molecule has 9 heteroatoms. The molecule has 0 bridgehead atoms. The number of quaternary nitrogens is 1. The zero-order chi connectivity index (χ0) is 73.2. The summed E-state index contributed by atoms with van der Waals surface area (Å²) in [6.07, 6.45) is 106. The normalized spacial score (nSPS) is 12.7. The van der Waals surface area contributed by atoms with Gasteiger partial charge in [0.15, 0.2) is 6.10 Å². The SMILES string of the molecule is CCCCCCC/C=C\C/C=C\C/C=C\CCCCCCCCCCCCCCCCCCCCCCCCCCC(=O)OC(COC(=O)CCCCCCCCCCCCCCCCCCCCCCCCCCCCCCCCCCCCCCC)COC(OCC[N+](C)(C)C)C(=O)O. The number of carboxylic acid groups (broad SMARTS) is 1. The van der Waals surface area contributed by atoms with Crippen LogP contribution in [0.25, 0.3) is 0 Å². The summed E-state index contributed by atoms with van der Waals surface area (Å²) in [5.74, 6) is -1.96. The number of unbranched alkanes of at least 4 members (excludes halogenated alkanes) is 65. The Bertz CT molecular complexity index is 1760. The number of carbonyl (C=O) groups excluding carboxylic acids is 2. The van der Waals surface area contributed by atoms with Crippen LogP contribution in [0, 0.1) is 0 Å². The van der Waals surface area contributed by atoms with E-state index in [0.717, 1.165) is 51.4 Å². The molecular weight excluding hydrogens is 1250 g/mol. The molecule has 0 aliphatic heterocycles. The molecule has 0 aromatic heterocycles. The summed E-state index contributed by atoms with van der Waals surface area (Å²) in [6.45, 7) is 4.96. The minimum absolute atomic E-state index is 0.174. The zero-order valence-electron chi connectivity index (χ0n) is 68.6. The van der Waals surface area contributed by atoms with Crippen molar-refractivity contribution in [1.82, 2.24) is 0 Å². The molecule has 2 atom stereocenters. The summed E-state index contributed by atoms with van der Waals surface area (Å²) in [5, 5.41) is 9.79. The topological polar surface area (TPSA) is 108 Å². The molecule has 1 N–H and O–H groups in total. The predicted octanol–water partition coefficient (Wildman–Crippen LogP) is 29.4. The highest BCUT2D eigenvalue weighted by Crippen LogP contribution is 2.21. The Kier molecular flexibility index (Phi) is 81.1. The second-order valence-corrected chi connectivity index (χ2v) is 32.3. The lowest BCUT2D eigenvalue weighted by atomic mass is 10.0. The van der Waals surface area contributed by atoms with Gasteiger partial charge >= 0.3 is 17.9 Å². The second-order valence-electron chi connectivity index (χ2n) is 32.3. The van der Waals surface area contributed by atoms with Crippen molar-refractivity contribution in [1.29, 1.82) is 0 Å². The van der Waals surface area contributed by atoms with Crippen LogP contribution < -0.4 is 0 Å². The summed E-state index contributed by atoms with van der Waals surface area (Å²) in [6, 6.07) is 0. The Morgan fingerprint density at radius 3 is 0.792 bits per heavy atom. The number of ether oxygens (including phenoxy) is 4. The van der Waals surface area contributed by atoms with E-state index in [-0.39, 0.29) is 38.2 Å². The third-order valence-corrected chi connectivity index (χ3v) is 20.9. The molecule has 9 nitrogen and oxygen atoms in total. The first-order valence-corrected chi connectivity index (χ1v) is 45.2. The first-order valence-electron chi connectivity index (χ1n) is 45.2. The van der Waals surface area contributed by atoms with Gasteiger partial charge in [-0.2, -0.15) is 0 Å². The van der Waals surface area contributed by atoms with Crippen LogP contribution in [0.1, 0.15) is 476 Å². The van der Waals surface area contributed by atoms with Gasteiger partial charge in [-0.25, -0.2) is 4.79 Å². The maximum absolute atomic E-state index is 13.0. The molecule has 101 heavy (non-hydrogen) atoms. The van der Waals surface area contributed by atoms with Gasteiger partial charge in [0.05, 0.1) is 34.4 Å². The van der Waals surface area contributed by atoms with E-state index in [2.05, 4.69) is 50.3 Å². The van der Waals surface area contributed by atoms with Gasteiger partial charge in [-0.15, -0.1) is 0 Å². The molecule has 0 radical (unpaired) electrons. The summed E-state index contributed by atoms with van der Waals surface area (Å²) in [4.78, 5) is 37.8. The maximum Gasteiger partial charge on any atom is 0.361 e. The first kappa shape index (κ1) is 98.5. The van der Waals surface area contributed by atoms with Crippen LogP contribution in [-0.2, 0) is 33.3 Å². The molecule has 2 unspecified atom stereocenters. The molecule has 0 rings (SSSR count). The minimum atomic E-state index is -1.51. The first-order chi connectivity index (χ1) is 49.6. The molecule has 0 heterocycles. The lowest BCUT2D eigenvalue weighted by Crippen LogP contribution is -2.40. The van der Waals surface area contributed by atoms with E-state index in [1.54, 1.807) is 0 Å². The molecule has 0 saturated carbocycles. The van der Waals surface area contributed by atoms with Crippen molar-refractivity contribution in [2.45, 2.75) is 489 Å².